The van der Waals surface area contributed by atoms with E-state index in [1.54, 1.807) is 12.1 Å². The molecule has 5 nitrogen and oxygen atoms in total. The molecule has 0 atom stereocenters. The Labute approximate surface area is 120 Å². The number of sulfonamides is 1. The first-order valence-electron chi connectivity index (χ1n) is 6.68. The number of aldehydes is 1. The molecule has 2 rings (SSSR count). The van der Waals surface area contributed by atoms with Gasteiger partial charge in [-0.25, -0.2) is 12.7 Å². The van der Waals surface area contributed by atoms with Gasteiger partial charge in [-0.3, -0.25) is 0 Å². The van der Waals surface area contributed by atoms with Crippen LogP contribution in [-0.4, -0.2) is 46.2 Å². The molecule has 0 radical (unpaired) electrons. The highest BCUT2D eigenvalue weighted by molar-refractivity contribution is 7.89. The second-order valence-electron chi connectivity index (χ2n) is 5.22. The van der Waals surface area contributed by atoms with Crippen LogP contribution in [0.15, 0.2) is 29.2 Å². The van der Waals surface area contributed by atoms with Gasteiger partial charge in [-0.1, -0.05) is 12.1 Å². The predicted octanol–water partition coefficient (Wildman–Crippen LogP) is 1.35. The summed E-state index contributed by atoms with van der Waals surface area (Å²) in [7, 11) is -0.389. The fraction of sp³-hybridized carbons (Fsp3) is 0.500. The maximum absolute atomic E-state index is 12.4. The number of rotatable bonds is 4. The first-order valence-corrected chi connectivity index (χ1v) is 8.12. The highest BCUT2D eigenvalue weighted by atomic mass is 32.2. The van der Waals surface area contributed by atoms with E-state index in [1.165, 1.54) is 18.4 Å². The molecule has 1 aliphatic heterocycles. The Morgan fingerprint density at radius 2 is 1.80 bits per heavy atom. The lowest BCUT2D eigenvalue weighted by atomic mass is 9.98. The van der Waals surface area contributed by atoms with Crippen LogP contribution < -0.4 is 4.90 Å². The van der Waals surface area contributed by atoms with Crippen molar-refractivity contribution in [1.29, 1.82) is 0 Å². The number of piperidine rings is 1. The Balaban J connectivity index is 2.32. The molecule has 0 spiro atoms. The van der Waals surface area contributed by atoms with Crippen LogP contribution >= 0.6 is 0 Å². The fourth-order valence-corrected chi connectivity index (χ4v) is 3.52. The van der Waals surface area contributed by atoms with Gasteiger partial charge < -0.3 is 9.69 Å². The molecule has 1 aromatic rings. The van der Waals surface area contributed by atoms with Gasteiger partial charge in [0.1, 0.15) is 11.2 Å². The van der Waals surface area contributed by atoms with Crippen molar-refractivity contribution in [1.82, 2.24) is 4.31 Å². The minimum absolute atomic E-state index is 0.101. The van der Waals surface area contributed by atoms with Crippen LogP contribution in [0.5, 0.6) is 0 Å². The molecule has 0 amide bonds. The van der Waals surface area contributed by atoms with Gasteiger partial charge in [0.25, 0.3) is 0 Å². The second-order valence-corrected chi connectivity index (χ2v) is 7.34. The molecule has 0 aromatic heterocycles. The summed E-state index contributed by atoms with van der Waals surface area (Å²) in [6.45, 7) is 1.42. The second kappa shape index (κ2) is 5.93. The van der Waals surface area contributed by atoms with Crippen LogP contribution in [0.4, 0.5) is 5.69 Å². The Kier molecular flexibility index (Phi) is 4.45. The normalized spacial score (nSPS) is 17.4. The van der Waals surface area contributed by atoms with Gasteiger partial charge in [0.2, 0.25) is 10.0 Å². The number of hydrogen-bond acceptors (Lipinski definition) is 4. The third kappa shape index (κ3) is 2.86. The van der Waals surface area contributed by atoms with E-state index in [-0.39, 0.29) is 5.92 Å². The van der Waals surface area contributed by atoms with Crippen LogP contribution in [0, 0.1) is 5.92 Å². The average Bonchev–Trinajstić information content (AvgIpc) is 2.47. The molecular weight excluding hydrogens is 276 g/mol. The molecule has 110 valence electrons. The van der Waals surface area contributed by atoms with Crippen molar-refractivity contribution in [3.63, 3.8) is 0 Å². The summed E-state index contributed by atoms with van der Waals surface area (Å²) >= 11 is 0. The Morgan fingerprint density at radius 1 is 1.20 bits per heavy atom. The van der Waals surface area contributed by atoms with Gasteiger partial charge in [-0.15, -0.1) is 0 Å². The number of anilines is 1. The molecule has 1 aliphatic rings. The lowest BCUT2D eigenvalue weighted by Crippen LogP contribution is -2.35. The van der Waals surface area contributed by atoms with Crippen molar-refractivity contribution in [3.05, 3.63) is 24.3 Å². The number of benzene rings is 1. The standard InChI is InChI=1S/C14H20N2O3S/c1-15(2)20(18,19)14-6-4-3-5-13(14)16-9-7-12(11-17)8-10-16/h3-6,11-12H,7-10H2,1-2H3. The van der Waals surface area contributed by atoms with E-state index in [4.69, 9.17) is 0 Å². The van der Waals surface area contributed by atoms with Gasteiger partial charge in [0, 0.05) is 33.1 Å². The van der Waals surface area contributed by atoms with E-state index < -0.39 is 10.0 Å². The summed E-state index contributed by atoms with van der Waals surface area (Å²) in [5, 5.41) is 0. The number of para-hydroxylation sites is 1. The zero-order valence-corrected chi connectivity index (χ0v) is 12.6. The third-order valence-electron chi connectivity index (χ3n) is 3.70. The molecule has 1 aromatic carbocycles. The predicted molar refractivity (Wildman–Crippen MR) is 78.3 cm³/mol. The molecule has 0 N–H and O–H groups in total. The largest absolute Gasteiger partial charge is 0.370 e. The van der Waals surface area contributed by atoms with Crippen molar-refractivity contribution in [2.45, 2.75) is 17.7 Å². The highest BCUT2D eigenvalue weighted by Gasteiger charge is 2.26. The lowest BCUT2D eigenvalue weighted by molar-refractivity contribution is -0.111. The van der Waals surface area contributed by atoms with Crippen LogP contribution in [0.2, 0.25) is 0 Å². The maximum atomic E-state index is 12.4. The SMILES string of the molecule is CN(C)S(=O)(=O)c1ccccc1N1CCC(C=O)CC1. The van der Waals surface area contributed by atoms with Crippen molar-refractivity contribution in [2.24, 2.45) is 5.92 Å². The zero-order chi connectivity index (χ0) is 14.8. The van der Waals surface area contributed by atoms with Gasteiger partial charge in [-0.05, 0) is 25.0 Å². The molecule has 1 saturated heterocycles. The Bertz CT molecular complexity index is 576. The number of carbonyl (C=O) groups is 1. The summed E-state index contributed by atoms with van der Waals surface area (Å²) in [4.78, 5) is 13.2. The quantitative estimate of drug-likeness (QED) is 0.787. The zero-order valence-electron chi connectivity index (χ0n) is 11.8. The van der Waals surface area contributed by atoms with Crippen molar-refractivity contribution in [2.75, 3.05) is 32.1 Å². The molecule has 0 bridgehead atoms. The van der Waals surface area contributed by atoms with Crippen LogP contribution in [0.3, 0.4) is 0 Å². The van der Waals surface area contributed by atoms with Crippen molar-refractivity contribution >= 4 is 22.0 Å². The summed E-state index contributed by atoms with van der Waals surface area (Å²) in [6.07, 6.45) is 2.56. The average molecular weight is 296 g/mol. The number of carbonyl (C=O) groups excluding carboxylic acids is 1. The van der Waals surface area contributed by atoms with Crippen molar-refractivity contribution < 1.29 is 13.2 Å². The Hall–Kier alpha value is -1.40. The minimum atomic E-state index is -3.45. The topological polar surface area (TPSA) is 57.7 Å². The summed E-state index contributed by atoms with van der Waals surface area (Å²) in [6, 6.07) is 7.04. The number of nitrogens with zero attached hydrogens (tertiary/aromatic N) is 2. The van der Waals surface area contributed by atoms with Gasteiger partial charge in [0.15, 0.2) is 0 Å². The smallest absolute Gasteiger partial charge is 0.244 e. The molecule has 1 heterocycles. The first kappa shape index (κ1) is 15.0. The van der Waals surface area contributed by atoms with Crippen LogP contribution in [0.1, 0.15) is 12.8 Å². The molecule has 6 heteroatoms. The van der Waals surface area contributed by atoms with E-state index in [2.05, 4.69) is 4.90 Å². The van der Waals surface area contributed by atoms with E-state index in [9.17, 15) is 13.2 Å². The molecule has 0 unspecified atom stereocenters. The van der Waals surface area contributed by atoms with Crippen LogP contribution in [0.25, 0.3) is 0 Å². The first-order chi connectivity index (χ1) is 9.46. The fourth-order valence-electron chi connectivity index (χ4n) is 2.41. The minimum Gasteiger partial charge on any atom is -0.370 e. The van der Waals surface area contributed by atoms with E-state index in [0.29, 0.717) is 18.0 Å². The summed E-state index contributed by atoms with van der Waals surface area (Å²) in [5.41, 5.74) is 0.727. The maximum Gasteiger partial charge on any atom is 0.244 e. The molecule has 20 heavy (non-hydrogen) atoms. The highest BCUT2D eigenvalue weighted by Crippen LogP contribution is 2.29. The van der Waals surface area contributed by atoms with Gasteiger partial charge >= 0.3 is 0 Å². The lowest BCUT2D eigenvalue weighted by Gasteiger charge is -2.33. The summed E-state index contributed by atoms with van der Waals surface area (Å²) in [5.74, 6) is 0.101. The molecule has 0 saturated carbocycles. The molecule has 1 fully saturated rings. The number of hydrogen-bond donors (Lipinski definition) is 0. The molecular formula is C14H20N2O3S. The van der Waals surface area contributed by atoms with Crippen LogP contribution in [-0.2, 0) is 14.8 Å². The monoisotopic (exact) mass is 296 g/mol. The van der Waals surface area contributed by atoms with Crippen molar-refractivity contribution in [3.8, 4) is 0 Å². The van der Waals surface area contributed by atoms with Gasteiger partial charge in [0.05, 0.1) is 5.69 Å². The summed E-state index contributed by atoms with van der Waals surface area (Å²) < 4.78 is 25.9. The van der Waals surface area contributed by atoms with Gasteiger partial charge in [-0.2, -0.15) is 0 Å². The van der Waals surface area contributed by atoms with E-state index in [1.807, 2.05) is 12.1 Å². The molecule has 0 aliphatic carbocycles. The van der Waals surface area contributed by atoms with E-state index in [0.717, 1.165) is 24.8 Å². The third-order valence-corrected chi connectivity index (χ3v) is 5.56. The van der Waals surface area contributed by atoms with E-state index >= 15 is 0 Å². The Morgan fingerprint density at radius 3 is 2.35 bits per heavy atom.